The Morgan fingerprint density at radius 1 is 1.21 bits per heavy atom. The van der Waals surface area contributed by atoms with E-state index in [1.807, 2.05) is 34.9 Å². The minimum absolute atomic E-state index is 0.0238. The fraction of sp³-hybridized carbons (Fsp3) is 0.500. The van der Waals surface area contributed by atoms with Gasteiger partial charge in [0.05, 0.1) is 12.5 Å². The van der Waals surface area contributed by atoms with E-state index in [1.165, 1.54) is 0 Å². The Morgan fingerprint density at radius 3 is 2.71 bits per heavy atom. The van der Waals surface area contributed by atoms with Gasteiger partial charge >= 0.3 is 5.97 Å². The molecule has 24 heavy (non-hydrogen) atoms. The van der Waals surface area contributed by atoms with Crippen molar-refractivity contribution in [2.45, 2.75) is 50.7 Å². The number of esters is 1. The fourth-order valence-corrected chi connectivity index (χ4v) is 3.14. The zero-order valence-electron chi connectivity index (χ0n) is 13.9. The number of hydrogen-bond donors (Lipinski definition) is 0. The summed E-state index contributed by atoms with van der Waals surface area (Å²) in [5.41, 5.74) is 0.984. The molecule has 1 aliphatic carbocycles. The molecule has 1 aliphatic rings. The van der Waals surface area contributed by atoms with E-state index in [2.05, 4.69) is 10.2 Å². The number of aryl methyl sites for hydroxylation is 1. The third kappa shape index (κ3) is 4.00. The van der Waals surface area contributed by atoms with Crippen molar-refractivity contribution in [3.63, 3.8) is 0 Å². The van der Waals surface area contributed by atoms with E-state index in [1.54, 1.807) is 13.4 Å². The Kier molecular flexibility index (Phi) is 5.59. The molecule has 0 aliphatic heterocycles. The van der Waals surface area contributed by atoms with Crippen LogP contribution in [0.1, 0.15) is 37.9 Å². The third-order valence-electron chi connectivity index (χ3n) is 4.43. The van der Waals surface area contributed by atoms with Crippen LogP contribution < -0.4 is 0 Å². The van der Waals surface area contributed by atoms with Gasteiger partial charge in [0.1, 0.15) is 18.3 Å². The minimum atomic E-state index is -0.202. The minimum Gasteiger partial charge on any atom is -0.460 e. The van der Waals surface area contributed by atoms with Crippen LogP contribution >= 0.6 is 0 Å². The topological polar surface area (TPSA) is 66.2 Å². The standard InChI is InChI=1S/C18H23N3O3/c1-23-15-9-5-6-10-16(15)24-18(22)12-11-17-20-19-13-21(17)14-7-3-2-4-8-14/h2-4,7-8,13,15-16H,5-6,9-12H2,1H3/t15-,16-/m0/s1. The molecule has 6 heteroatoms. The fourth-order valence-electron chi connectivity index (χ4n) is 3.14. The van der Waals surface area contributed by atoms with E-state index in [0.717, 1.165) is 37.2 Å². The number of carbonyl (C=O) groups is 1. The summed E-state index contributed by atoms with van der Waals surface area (Å²) in [7, 11) is 1.68. The molecule has 1 fully saturated rings. The van der Waals surface area contributed by atoms with E-state index in [-0.39, 0.29) is 18.2 Å². The van der Waals surface area contributed by atoms with E-state index in [9.17, 15) is 4.79 Å². The lowest BCUT2D eigenvalue weighted by Gasteiger charge is -2.29. The number of methoxy groups -OCH3 is 1. The number of nitrogens with zero attached hydrogens (tertiary/aromatic N) is 3. The van der Waals surface area contributed by atoms with Crippen LogP contribution in [0.15, 0.2) is 36.7 Å². The van der Waals surface area contributed by atoms with Gasteiger partial charge in [0.2, 0.25) is 0 Å². The molecular weight excluding hydrogens is 306 g/mol. The first-order valence-corrected chi connectivity index (χ1v) is 8.44. The molecule has 1 aromatic carbocycles. The highest BCUT2D eigenvalue weighted by molar-refractivity contribution is 5.69. The van der Waals surface area contributed by atoms with Crippen molar-refractivity contribution in [1.82, 2.24) is 14.8 Å². The molecule has 0 saturated heterocycles. The number of ether oxygens (including phenoxy) is 2. The zero-order valence-corrected chi connectivity index (χ0v) is 13.9. The molecule has 2 aromatic rings. The first kappa shape index (κ1) is 16.6. The maximum absolute atomic E-state index is 12.2. The summed E-state index contributed by atoms with van der Waals surface area (Å²) in [6.07, 6.45) is 6.40. The average Bonchev–Trinajstić information content (AvgIpc) is 3.10. The molecule has 2 atom stereocenters. The summed E-state index contributed by atoms with van der Waals surface area (Å²) in [4.78, 5) is 12.2. The van der Waals surface area contributed by atoms with E-state index >= 15 is 0 Å². The second-order valence-corrected chi connectivity index (χ2v) is 6.04. The maximum atomic E-state index is 12.2. The number of benzene rings is 1. The van der Waals surface area contributed by atoms with Crippen LogP contribution in [0.5, 0.6) is 0 Å². The summed E-state index contributed by atoms with van der Waals surface area (Å²) >= 11 is 0. The molecule has 1 aromatic heterocycles. The third-order valence-corrected chi connectivity index (χ3v) is 4.43. The highest BCUT2D eigenvalue weighted by atomic mass is 16.6. The van der Waals surface area contributed by atoms with E-state index in [4.69, 9.17) is 9.47 Å². The average molecular weight is 329 g/mol. The lowest BCUT2D eigenvalue weighted by molar-refractivity contribution is -0.159. The van der Waals surface area contributed by atoms with Crippen molar-refractivity contribution in [2.24, 2.45) is 0 Å². The first-order chi connectivity index (χ1) is 11.8. The lowest BCUT2D eigenvalue weighted by Crippen LogP contribution is -2.35. The van der Waals surface area contributed by atoms with E-state index < -0.39 is 0 Å². The van der Waals surface area contributed by atoms with Gasteiger partial charge in [-0.25, -0.2) is 0 Å². The van der Waals surface area contributed by atoms with Crippen LogP contribution in [0.2, 0.25) is 0 Å². The number of carbonyl (C=O) groups excluding carboxylic acids is 1. The summed E-state index contributed by atoms with van der Waals surface area (Å²) in [6.45, 7) is 0. The second kappa shape index (κ2) is 8.06. The molecule has 0 radical (unpaired) electrons. The molecular formula is C18H23N3O3. The molecule has 1 saturated carbocycles. The number of rotatable bonds is 6. The molecule has 0 spiro atoms. The zero-order chi connectivity index (χ0) is 16.8. The van der Waals surface area contributed by atoms with Gasteiger partial charge < -0.3 is 9.47 Å². The van der Waals surface area contributed by atoms with Crippen LogP contribution in [0.4, 0.5) is 0 Å². The normalized spacial score (nSPS) is 20.7. The molecule has 0 amide bonds. The van der Waals surface area contributed by atoms with Gasteiger partial charge in [-0.2, -0.15) is 0 Å². The van der Waals surface area contributed by atoms with Crippen molar-refractivity contribution in [3.05, 3.63) is 42.5 Å². The molecule has 0 N–H and O–H groups in total. The van der Waals surface area contributed by atoms with Crippen molar-refractivity contribution in [3.8, 4) is 5.69 Å². The Bertz CT molecular complexity index is 657. The SMILES string of the molecule is CO[C@H]1CCCC[C@@H]1OC(=O)CCc1nncn1-c1ccccc1. The maximum Gasteiger partial charge on any atom is 0.306 e. The Morgan fingerprint density at radius 2 is 1.96 bits per heavy atom. The monoisotopic (exact) mass is 329 g/mol. The van der Waals surface area contributed by atoms with Crippen molar-refractivity contribution in [2.75, 3.05) is 7.11 Å². The molecule has 1 heterocycles. The van der Waals surface area contributed by atoms with Crippen molar-refractivity contribution >= 4 is 5.97 Å². The van der Waals surface area contributed by atoms with Gasteiger partial charge in [-0.15, -0.1) is 10.2 Å². The smallest absolute Gasteiger partial charge is 0.306 e. The highest BCUT2D eigenvalue weighted by Gasteiger charge is 2.28. The van der Waals surface area contributed by atoms with Crippen LogP contribution in [0, 0.1) is 0 Å². The predicted molar refractivity (Wildman–Crippen MR) is 88.8 cm³/mol. The number of aromatic nitrogens is 3. The van der Waals surface area contributed by atoms with Gasteiger partial charge in [-0.3, -0.25) is 9.36 Å². The Balaban J connectivity index is 1.56. The predicted octanol–water partition coefficient (Wildman–Crippen LogP) is 2.70. The van der Waals surface area contributed by atoms with Crippen molar-refractivity contribution < 1.29 is 14.3 Å². The van der Waals surface area contributed by atoms with Crippen molar-refractivity contribution in [1.29, 1.82) is 0 Å². The van der Waals surface area contributed by atoms with Gasteiger partial charge in [0.15, 0.2) is 0 Å². The first-order valence-electron chi connectivity index (χ1n) is 8.44. The van der Waals surface area contributed by atoms with Crippen LogP contribution in [0.25, 0.3) is 5.69 Å². The lowest BCUT2D eigenvalue weighted by atomic mass is 9.94. The summed E-state index contributed by atoms with van der Waals surface area (Å²) in [5.74, 6) is 0.552. The van der Waals surface area contributed by atoms with E-state index in [0.29, 0.717) is 12.8 Å². The summed E-state index contributed by atoms with van der Waals surface area (Å²) < 4.78 is 12.9. The number of hydrogen-bond acceptors (Lipinski definition) is 5. The van der Waals surface area contributed by atoms with Crippen LogP contribution in [-0.4, -0.2) is 40.1 Å². The number of para-hydroxylation sites is 1. The largest absolute Gasteiger partial charge is 0.460 e. The van der Waals surface area contributed by atoms with Gasteiger partial charge in [0, 0.05) is 19.2 Å². The second-order valence-electron chi connectivity index (χ2n) is 6.04. The molecule has 0 bridgehead atoms. The van der Waals surface area contributed by atoms with Crippen LogP contribution in [-0.2, 0) is 20.7 Å². The Labute approximate surface area is 141 Å². The van der Waals surface area contributed by atoms with Gasteiger partial charge in [0.25, 0.3) is 0 Å². The van der Waals surface area contributed by atoms with Gasteiger partial charge in [-0.1, -0.05) is 24.6 Å². The molecule has 6 nitrogen and oxygen atoms in total. The summed E-state index contributed by atoms with van der Waals surface area (Å²) in [6, 6.07) is 9.84. The molecule has 128 valence electrons. The highest BCUT2D eigenvalue weighted by Crippen LogP contribution is 2.24. The Hall–Kier alpha value is -2.21. The summed E-state index contributed by atoms with van der Waals surface area (Å²) in [5, 5.41) is 8.08. The molecule has 0 unspecified atom stereocenters. The van der Waals surface area contributed by atoms with Gasteiger partial charge in [-0.05, 0) is 31.4 Å². The quantitative estimate of drug-likeness (QED) is 0.762. The van der Waals surface area contributed by atoms with Crippen LogP contribution in [0.3, 0.4) is 0 Å². The molecule has 3 rings (SSSR count).